The summed E-state index contributed by atoms with van der Waals surface area (Å²) < 4.78 is 10.4. The zero-order chi connectivity index (χ0) is 15.7. The predicted molar refractivity (Wildman–Crippen MR) is 84.1 cm³/mol. The van der Waals surface area contributed by atoms with Gasteiger partial charge in [0.25, 0.3) is 0 Å². The average Bonchev–Trinajstić information content (AvgIpc) is 2.82. The van der Waals surface area contributed by atoms with Crippen LogP contribution in [0.1, 0.15) is 46.5 Å². The molecule has 1 aliphatic rings. The molecule has 3 atom stereocenters. The third-order valence-corrected chi connectivity index (χ3v) is 4.27. The molecule has 1 rings (SSSR count). The van der Waals surface area contributed by atoms with Gasteiger partial charge in [-0.2, -0.15) is 0 Å². The van der Waals surface area contributed by atoms with Crippen molar-refractivity contribution in [3.05, 3.63) is 0 Å². The first kappa shape index (κ1) is 18.4. The van der Waals surface area contributed by atoms with Gasteiger partial charge in [-0.05, 0) is 25.2 Å². The number of ether oxygens (including phenoxy) is 2. The van der Waals surface area contributed by atoms with Gasteiger partial charge in [-0.1, -0.05) is 27.2 Å². The molecule has 1 saturated heterocycles. The molecule has 5 heteroatoms. The lowest BCUT2D eigenvalue weighted by Gasteiger charge is -2.23. The Morgan fingerprint density at radius 2 is 2.00 bits per heavy atom. The van der Waals surface area contributed by atoms with Gasteiger partial charge in [0.15, 0.2) is 0 Å². The number of methoxy groups -OCH3 is 1. The molecule has 21 heavy (non-hydrogen) atoms. The molecule has 1 amide bonds. The van der Waals surface area contributed by atoms with E-state index in [9.17, 15) is 4.79 Å². The monoisotopic (exact) mass is 300 g/mol. The molecule has 1 heterocycles. The molecule has 1 N–H and O–H groups in total. The molecule has 3 unspecified atom stereocenters. The van der Waals surface area contributed by atoms with Crippen LogP contribution in [0.3, 0.4) is 0 Å². The van der Waals surface area contributed by atoms with Gasteiger partial charge in [0.1, 0.15) is 0 Å². The van der Waals surface area contributed by atoms with E-state index in [0.29, 0.717) is 19.1 Å². The van der Waals surface area contributed by atoms with Gasteiger partial charge in [0, 0.05) is 20.3 Å². The van der Waals surface area contributed by atoms with E-state index in [1.807, 2.05) is 4.90 Å². The van der Waals surface area contributed by atoms with Crippen molar-refractivity contribution in [2.24, 2.45) is 5.92 Å². The van der Waals surface area contributed by atoms with Crippen molar-refractivity contribution in [2.45, 2.75) is 58.7 Å². The number of hydrogen-bond donors (Lipinski definition) is 1. The zero-order valence-corrected chi connectivity index (χ0v) is 14.1. The number of carbonyl (C=O) groups excluding carboxylic acids is 1. The fourth-order valence-corrected chi connectivity index (χ4v) is 2.68. The summed E-state index contributed by atoms with van der Waals surface area (Å²) in [5, 5.41) is 3.49. The number of nitrogens with zero attached hydrogens (tertiary/aromatic N) is 1. The second kappa shape index (κ2) is 10.1. The van der Waals surface area contributed by atoms with Crippen LogP contribution in [0.25, 0.3) is 0 Å². The molecule has 124 valence electrons. The molecule has 0 aromatic carbocycles. The van der Waals surface area contributed by atoms with Crippen LogP contribution in [-0.4, -0.2) is 56.5 Å². The quantitative estimate of drug-likeness (QED) is 0.593. The summed E-state index contributed by atoms with van der Waals surface area (Å²) in [6.45, 7) is 9.27. The van der Waals surface area contributed by atoms with Crippen LogP contribution in [-0.2, 0) is 14.3 Å². The van der Waals surface area contributed by atoms with Crippen molar-refractivity contribution in [1.82, 2.24) is 10.2 Å². The maximum atomic E-state index is 12.5. The zero-order valence-electron chi connectivity index (χ0n) is 14.1. The first-order chi connectivity index (χ1) is 10.2. The Hall–Kier alpha value is -0.650. The Kier molecular flexibility index (Phi) is 8.88. The number of nitrogens with one attached hydrogen (secondary N) is 1. The molecule has 0 aliphatic carbocycles. The smallest absolute Gasteiger partial charge is 0.241 e. The van der Waals surface area contributed by atoms with Crippen LogP contribution >= 0.6 is 0 Å². The SMILES string of the molecule is CCC(C)C1NC(CC)N(CCCCOCCOC)C1=O. The van der Waals surface area contributed by atoms with Crippen LogP contribution in [0.2, 0.25) is 0 Å². The fourth-order valence-electron chi connectivity index (χ4n) is 2.68. The van der Waals surface area contributed by atoms with E-state index in [0.717, 1.165) is 38.8 Å². The van der Waals surface area contributed by atoms with Gasteiger partial charge in [0.05, 0.1) is 25.4 Å². The third kappa shape index (κ3) is 5.57. The molecule has 5 nitrogen and oxygen atoms in total. The summed E-state index contributed by atoms with van der Waals surface area (Å²) in [7, 11) is 1.67. The van der Waals surface area contributed by atoms with E-state index in [-0.39, 0.29) is 18.1 Å². The van der Waals surface area contributed by atoms with Crippen molar-refractivity contribution < 1.29 is 14.3 Å². The Bertz CT molecular complexity index is 299. The topological polar surface area (TPSA) is 50.8 Å². The van der Waals surface area contributed by atoms with Crippen molar-refractivity contribution in [3.63, 3.8) is 0 Å². The molecule has 0 bridgehead atoms. The van der Waals surface area contributed by atoms with Crippen molar-refractivity contribution in [3.8, 4) is 0 Å². The van der Waals surface area contributed by atoms with Gasteiger partial charge in [-0.25, -0.2) is 0 Å². The van der Waals surface area contributed by atoms with Crippen molar-refractivity contribution in [2.75, 3.05) is 33.5 Å². The molecular weight excluding hydrogens is 268 g/mol. The summed E-state index contributed by atoms with van der Waals surface area (Å²) in [5.41, 5.74) is 0. The molecule has 0 spiro atoms. The van der Waals surface area contributed by atoms with Crippen LogP contribution in [0.4, 0.5) is 0 Å². The standard InChI is InChI=1S/C16H32N2O3/c1-5-13(3)15-16(19)18(14(6-2)17-15)9-7-8-10-21-12-11-20-4/h13-15,17H,5-12H2,1-4H3. The number of unbranched alkanes of at least 4 members (excludes halogenated alkanes) is 1. The minimum absolute atomic E-state index is 0.00194. The molecule has 1 fully saturated rings. The summed E-state index contributed by atoms with van der Waals surface area (Å²) in [4.78, 5) is 14.5. The van der Waals surface area contributed by atoms with Gasteiger partial charge in [-0.15, -0.1) is 0 Å². The van der Waals surface area contributed by atoms with Crippen molar-refractivity contribution in [1.29, 1.82) is 0 Å². The highest BCUT2D eigenvalue weighted by molar-refractivity contribution is 5.84. The number of carbonyl (C=O) groups is 1. The van der Waals surface area contributed by atoms with E-state index >= 15 is 0 Å². The second-order valence-electron chi connectivity index (χ2n) is 5.80. The normalized spacial score (nSPS) is 23.8. The largest absolute Gasteiger partial charge is 0.382 e. The van der Waals surface area contributed by atoms with Crippen LogP contribution in [0, 0.1) is 5.92 Å². The van der Waals surface area contributed by atoms with Crippen LogP contribution in [0.15, 0.2) is 0 Å². The second-order valence-corrected chi connectivity index (χ2v) is 5.80. The summed E-state index contributed by atoms with van der Waals surface area (Å²) in [6.07, 6.45) is 4.16. The maximum absolute atomic E-state index is 12.5. The van der Waals surface area contributed by atoms with E-state index in [4.69, 9.17) is 9.47 Å². The van der Waals surface area contributed by atoms with E-state index in [1.165, 1.54) is 0 Å². The van der Waals surface area contributed by atoms with Gasteiger partial charge < -0.3 is 14.4 Å². The Morgan fingerprint density at radius 3 is 2.62 bits per heavy atom. The molecule has 0 radical (unpaired) electrons. The van der Waals surface area contributed by atoms with Crippen LogP contribution < -0.4 is 5.32 Å². The highest BCUT2D eigenvalue weighted by Gasteiger charge is 2.39. The first-order valence-electron chi connectivity index (χ1n) is 8.28. The molecule has 0 aromatic heterocycles. The van der Waals surface area contributed by atoms with Gasteiger partial charge in [0.2, 0.25) is 5.91 Å². The predicted octanol–water partition coefficient (Wildman–Crippen LogP) is 2.01. The molecular formula is C16H32N2O3. The molecule has 1 aliphatic heterocycles. The van der Waals surface area contributed by atoms with Crippen LogP contribution in [0.5, 0.6) is 0 Å². The van der Waals surface area contributed by atoms with Gasteiger partial charge >= 0.3 is 0 Å². The lowest BCUT2D eigenvalue weighted by molar-refractivity contribution is -0.131. The number of amides is 1. The highest BCUT2D eigenvalue weighted by atomic mass is 16.5. The van der Waals surface area contributed by atoms with E-state index < -0.39 is 0 Å². The lowest BCUT2D eigenvalue weighted by atomic mass is 9.99. The molecule has 0 saturated carbocycles. The number of rotatable bonds is 11. The molecule has 0 aromatic rings. The lowest BCUT2D eigenvalue weighted by Crippen LogP contribution is -2.37. The van der Waals surface area contributed by atoms with Gasteiger partial charge in [-0.3, -0.25) is 10.1 Å². The Morgan fingerprint density at radius 1 is 1.24 bits per heavy atom. The third-order valence-electron chi connectivity index (χ3n) is 4.27. The Balaban J connectivity index is 2.30. The minimum atomic E-state index is -0.00194. The minimum Gasteiger partial charge on any atom is -0.382 e. The summed E-state index contributed by atoms with van der Waals surface area (Å²) in [6, 6.07) is -0.00194. The average molecular weight is 300 g/mol. The maximum Gasteiger partial charge on any atom is 0.241 e. The first-order valence-corrected chi connectivity index (χ1v) is 8.28. The number of hydrogen-bond acceptors (Lipinski definition) is 4. The summed E-state index contributed by atoms with van der Waals surface area (Å²) >= 11 is 0. The van der Waals surface area contributed by atoms with Crippen molar-refractivity contribution >= 4 is 5.91 Å². The fraction of sp³-hybridized carbons (Fsp3) is 0.938. The highest BCUT2D eigenvalue weighted by Crippen LogP contribution is 2.21. The van der Waals surface area contributed by atoms with E-state index in [1.54, 1.807) is 7.11 Å². The Labute approximate surface area is 129 Å². The summed E-state index contributed by atoms with van der Waals surface area (Å²) in [5.74, 6) is 0.672. The van der Waals surface area contributed by atoms with E-state index in [2.05, 4.69) is 26.1 Å².